The third-order valence-corrected chi connectivity index (χ3v) is 4.66. The molecule has 18 heteroatoms. The van der Waals surface area contributed by atoms with Crippen LogP contribution in [0.15, 0.2) is 0 Å². The average Bonchev–Trinajstić information content (AvgIpc) is 2.88. The Bertz CT molecular complexity index is 939. The number of piperazine rings is 1. The summed E-state index contributed by atoms with van der Waals surface area (Å²) in [7, 11) is 0. The zero-order valence-electron chi connectivity index (χ0n) is 26.8. The van der Waals surface area contributed by atoms with Crippen molar-refractivity contribution in [2.75, 3.05) is 57.8 Å². The molecule has 6 N–H and O–H groups in total. The fourth-order valence-corrected chi connectivity index (χ4v) is 2.72. The van der Waals surface area contributed by atoms with Crippen LogP contribution in [0, 0.1) is 0 Å². The minimum absolute atomic E-state index is 0.0410. The molecule has 1 fully saturated rings. The van der Waals surface area contributed by atoms with E-state index in [1.165, 1.54) is 11.8 Å². The topological polar surface area (TPSA) is 230 Å². The smallest absolute Gasteiger partial charge is 0.407 e. The summed E-state index contributed by atoms with van der Waals surface area (Å²) in [4.78, 5) is 78.7. The molecule has 44 heavy (non-hydrogen) atoms. The third-order valence-electron chi connectivity index (χ3n) is 4.06. The van der Waals surface area contributed by atoms with Crippen molar-refractivity contribution in [3.05, 3.63) is 0 Å². The van der Waals surface area contributed by atoms with Gasteiger partial charge < -0.3 is 41.2 Å². The van der Waals surface area contributed by atoms with E-state index in [2.05, 4.69) is 31.3 Å². The first-order chi connectivity index (χ1) is 20.2. The number of nitrogens with zero attached hydrogens (tertiary/aromatic N) is 2. The molecule has 16 nitrogen and oxygen atoms in total. The summed E-state index contributed by atoms with van der Waals surface area (Å²) >= 11 is 8.38. The number of hydrogen-bond donors (Lipinski definition) is 4. The van der Waals surface area contributed by atoms with E-state index in [4.69, 9.17) is 32.5 Å². The zero-order valence-corrected chi connectivity index (χ0v) is 29.1. The number of hydrogen-bond acceptors (Lipinski definition) is 12. The summed E-state index contributed by atoms with van der Waals surface area (Å²) in [5, 5.41) is 4.83. The molecule has 1 aliphatic rings. The Kier molecular flexibility index (Phi) is 25.1. The lowest BCUT2D eigenvalue weighted by Crippen LogP contribution is -2.56. The molecule has 0 spiro atoms. The van der Waals surface area contributed by atoms with Crippen LogP contribution in [0.4, 0.5) is 14.4 Å². The summed E-state index contributed by atoms with van der Waals surface area (Å²) in [6, 6.07) is 0. The Morgan fingerprint density at radius 2 is 1.32 bits per heavy atom. The Balaban J connectivity index is -0.000000609. The second-order valence-corrected chi connectivity index (χ2v) is 11.5. The van der Waals surface area contributed by atoms with E-state index in [1.807, 2.05) is 20.8 Å². The van der Waals surface area contributed by atoms with E-state index in [0.29, 0.717) is 24.5 Å². The molecule has 0 aromatic rings. The van der Waals surface area contributed by atoms with Crippen LogP contribution < -0.4 is 22.1 Å². The van der Waals surface area contributed by atoms with Crippen molar-refractivity contribution in [1.82, 2.24) is 20.4 Å². The van der Waals surface area contributed by atoms with Crippen molar-refractivity contribution in [3.8, 4) is 0 Å². The Hall–Kier alpha value is -3.02. The SMILES string of the molecule is CC(C)(C)OC(=O)NCCBr.CC(C)(C)OC(=O)NCCN1CCN(C(=O)Cl)C(=O)C1=O.CCOC(=O)C(C)=O.NCCN. The Morgan fingerprint density at radius 3 is 1.64 bits per heavy atom. The third kappa shape index (κ3) is 26.6. The van der Waals surface area contributed by atoms with E-state index in [0.717, 1.165) is 5.33 Å². The number of esters is 1. The lowest BCUT2D eigenvalue weighted by atomic mass is 10.2. The molecule has 0 radical (unpaired) electrons. The van der Waals surface area contributed by atoms with Crippen molar-refractivity contribution >= 4 is 68.7 Å². The molecule has 1 saturated heterocycles. The van der Waals surface area contributed by atoms with Crippen LogP contribution in [0.2, 0.25) is 0 Å². The van der Waals surface area contributed by atoms with Crippen LogP contribution in [-0.4, -0.2) is 120 Å². The van der Waals surface area contributed by atoms with Gasteiger partial charge in [0.2, 0.25) is 5.78 Å². The molecule has 0 saturated carbocycles. The van der Waals surface area contributed by atoms with Gasteiger partial charge in [-0.3, -0.25) is 24.1 Å². The van der Waals surface area contributed by atoms with E-state index < -0.39 is 46.2 Å². The zero-order chi connectivity index (χ0) is 35.1. The summed E-state index contributed by atoms with van der Waals surface area (Å²) in [5.41, 5.74) is 8.79. The number of imide groups is 1. The first kappa shape index (κ1) is 45.4. The predicted octanol–water partition coefficient (Wildman–Crippen LogP) is 1.49. The van der Waals surface area contributed by atoms with Crippen LogP contribution in [-0.2, 0) is 33.4 Å². The highest BCUT2D eigenvalue weighted by atomic mass is 79.9. The van der Waals surface area contributed by atoms with Crippen LogP contribution in [0.25, 0.3) is 0 Å². The molecule has 0 aromatic heterocycles. The minimum Gasteiger partial charge on any atom is -0.460 e. The number of alkyl halides is 1. The first-order valence-electron chi connectivity index (χ1n) is 13.5. The van der Waals surface area contributed by atoms with Crippen molar-refractivity contribution in [2.45, 2.75) is 66.6 Å². The molecule has 0 bridgehead atoms. The van der Waals surface area contributed by atoms with Gasteiger partial charge in [0.15, 0.2) is 0 Å². The van der Waals surface area contributed by atoms with Gasteiger partial charge in [0.05, 0.1) is 6.61 Å². The first-order valence-corrected chi connectivity index (χ1v) is 15.0. The summed E-state index contributed by atoms with van der Waals surface area (Å²) in [5.74, 6) is -3.08. The number of halogens is 2. The summed E-state index contributed by atoms with van der Waals surface area (Å²) in [6.45, 7) is 16.1. The van der Waals surface area contributed by atoms with Gasteiger partial charge in [0.1, 0.15) is 11.2 Å². The molecule has 1 heterocycles. The van der Waals surface area contributed by atoms with Crippen molar-refractivity contribution in [2.24, 2.45) is 11.5 Å². The molecule has 1 rings (SSSR count). The summed E-state index contributed by atoms with van der Waals surface area (Å²) in [6.07, 6.45) is -0.965. The normalized spacial score (nSPS) is 12.5. The molecule has 0 aromatic carbocycles. The van der Waals surface area contributed by atoms with Gasteiger partial charge in [-0.2, -0.15) is 0 Å². The lowest BCUT2D eigenvalue weighted by molar-refractivity contribution is -0.153. The minimum atomic E-state index is -0.972. The van der Waals surface area contributed by atoms with Gasteiger partial charge in [-0.25, -0.2) is 14.4 Å². The van der Waals surface area contributed by atoms with Gasteiger partial charge in [0, 0.05) is 58.1 Å². The van der Waals surface area contributed by atoms with Gasteiger partial charge >= 0.3 is 35.3 Å². The largest absolute Gasteiger partial charge is 0.460 e. The van der Waals surface area contributed by atoms with E-state index in [1.54, 1.807) is 27.7 Å². The van der Waals surface area contributed by atoms with Gasteiger partial charge in [0.25, 0.3) is 0 Å². The molecule has 0 atom stereocenters. The van der Waals surface area contributed by atoms with Crippen molar-refractivity contribution in [3.63, 3.8) is 0 Å². The number of nitrogens with two attached hydrogens (primary N) is 2. The van der Waals surface area contributed by atoms with Crippen LogP contribution in [0.3, 0.4) is 0 Å². The molecule has 256 valence electrons. The molecule has 1 aliphatic heterocycles. The number of alkyl carbamates (subject to hydrolysis) is 2. The fraction of sp³-hybridized carbons (Fsp3) is 0.731. The van der Waals surface area contributed by atoms with Crippen LogP contribution in [0.1, 0.15) is 55.4 Å². The Labute approximate surface area is 272 Å². The molecular weight excluding hydrogens is 672 g/mol. The predicted molar refractivity (Wildman–Crippen MR) is 167 cm³/mol. The van der Waals surface area contributed by atoms with Gasteiger partial charge in [-0.05, 0) is 60.1 Å². The van der Waals surface area contributed by atoms with Crippen LogP contribution in [0.5, 0.6) is 0 Å². The highest BCUT2D eigenvalue weighted by Gasteiger charge is 2.35. The van der Waals surface area contributed by atoms with Crippen molar-refractivity contribution in [1.29, 1.82) is 0 Å². The molecular formula is C26H48BrClN6O10. The van der Waals surface area contributed by atoms with Gasteiger partial charge in [-0.15, -0.1) is 0 Å². The standard InChI is InChI=1S/C12H18ClN3O5.C7H14BrNO2.C5H8O3.C2H8N2/c1-12(2,3)21-11(20)14-4-5-15-6-7-16(10(13)19)9(18)8(15)17;1-7(2,3)11-6(10)9-5-4-8;1-3-8-5(7)4(2)6;3-1-2-4/h4-7H2,1-3H3,(H,14,20);4-5H2,1-3H3,(H,9,10);3H2,1-2H3;1-4H2. The maximum atomic E-state index is 11.7. The number of amides is 5. The molecule has 0 unspecified atom stereocenters. The number of Topliss-reactive ketones (excluding diaryl/α,β-unsaturated/α-hetero) is 1. The Morgan fingerprint density at radius 1 is 0.864 bits per heavy atom. The number of ketones is 1. The maximum Gasteiger partial charge on any atom is 0.407 e. The van der Waals surface area contributed by atoms with E-state index in [-0.39, 0.29) is 38.9 Å². The highest BCUT2D eigenvalue weighted by molar-refractivity contribution is 9.09. The monoisotopic (exact) mass is 718 g/mol. The second kappa shape index (κ2) is 24.3. The highest BCUT2D eigenvalue weighted by Crippen LogP contribution is 2.09. The van der Waals surface area contributed by atoms with Crippen LogP contribution >= 0.6 is 27.5 Å². The van der Waals surface area contributed by atoms with Crippen molar-refractivity contribution < 1.29 is 47.8 Å². The molecule has 5 amide bonds. The summed E-state index contributed by atoms with van der Waals surface area (Å²) < 4.78 is 14.3. The number of carbonyl (C=O) groups excluding carboxylic acids is 7. The quantitative estimate of drug-likeness (QED) is 0.0698. The number of ether oxygens (including phenoxy) is 3. The maximum absolute atomic E-state index is 11.7. The lowest BCUT2D eigenvalue weighted by Gasteiger charge is -2.31. The molecule has 0 aliphatic carbocycles. The van der Waals surface area contributed by atoms with E-state index in [9.17, 15) is 33.6 Å². The second-order valence-electron chi connectivity index (χ2n) is 10.4. The number of nitrogens with one attached hydrogen (secondary N) is 2. The number of carbonyl (C=O) groups is 7. The van der Waals surface area contributed by atoms with E-state index >= 15 is 0 Å². The average molecular weight is 720 g/mol. The number of rotatable bonds is 8. The van der Waals surface area contributed by atoms with Gasteiger partial charge in [-0.1, -0.05) is 15.9 Å². The fourth-order valence-electron chi connectivity index (χ4n) is 2.36.